The highest BCUT2D eigenvalue weighted by molar-refractivity contribution is 6.30. The van der Waals surface area contributed by atoms with Crippen molar-refractivity contribution in [3.8, 4) is 11.3 Å². The summed E-state index contributed by atoms with van der Waals surface area (Å²) in [6, 6.07) is 14.8. The van der Waals surface area contributed by atoms with Gasteiger partial charge >= 0.3 is 0 Å². The molecule has 1 heterocycles. The number of benzene rings is 2. The molecule has 1 unspecified atom stereocenters. The fraction of sp³-hybridized carbons (Fsp3) is 0.261. The average molecular weight is 407 g/mol. The van der Waals surface area contributed by atoms with Crippen LogP contribution in [0.3, 0.4) is 0 Å². The largest absolute Gasteiger partial charge is 0.329 e. The Morgan fingerprint density at radius 1 is 1.14 bits per heavy atom. The van der Waals surface area contributed by atoms with E-state index in [1.165, 1.54) is 5.56 Å². The number of anilines is 1. The van der Waals surface area contributed by atoms with Gasteiger partial charge in [0.15, 0.2) is 0 Å². The highest BCUT2D eigenvalue weighted by atomic mass is 35.5. The molecular weight excluding hydrogens is 384 g/mol. The van der Waals surface area contributed by atoms with Gasteiger partial charge in [-0.2, -0.15) is 0 Å². The van der Waals surface area contributed by atoms with Crippen molar-refractivity contribution in [3.63, 3.8) is 0 Å². The minimum absolute atomic E-state index is 0.0920. The lowest BCUT2D eigenvalue weighted by Crippen LogP contribution is -2.35. The predicted molar refractivity (Wildman–Crippen MR) is 116 cm³/mol. The van der Waals surface area contributed by atoms with Crippen molar-refractivity contribution in [3.05, 3.63) is 76.7 Å². The van der Waals surface area contributed by atoms with Crippen molar-refractivity contribution in [2.45, 2.75) is 25.7 Å². The third-order valence-corrected chi connectivity index (χ3v) is 5.67. The number of fused-ring (bicyclic) bond motifs is 1. The van der Waals surface area contributed by atoms with Gasteiger partial charge in [0.1, 0.15) is 6.33 Å². The second-order valence-corrected chi connectivity index (χ2v) is 7.76. The maximum atomic E-state index is 13.1. The van der Waals surface area contributed by atoms with E-state index in [4.69, 9.17) is 17.3 Å². The lowest BCUT2D eigenvalue weighted by atomic mass is 9.98. The SMILES string of the molecule is CC1CCc2ncnc(-c3ccc(C(=O)N(CCN)c4ccc(Cl)cc4)cc3)c21. The highest BCUT2D eigenvalue weighted by Crippen LogP contribution is 2.37. The van der Waals surface area contributed by atoms with E-state index in [0.717, 1.165) is 35.5 Å². The molecule has 0 fully saturated rings. The first-order valence-electron chi connectivity index (χ1n) is 9.80. The smallest absolute Gasteiger partial charge is 0.258 e. The topological polar surface area (TPSA) is 72.1 Å². The van der Waals surface area contributed by atoms with E-state index in [-0.39, 0.29) is 5.91 Å². The number of hydrogen-bond acceptors (Lipinski definition) is 4. The maximum Gasteiger partial charge on any atom is 0.258 e. The van der Waals surface area contributed by atoms with Gasteiger partial charge in [-0.1, -0.05) is 30.7 Å². The van der Waals surface area contributed by atoms with Crippen LogP contribution in [0.1, 0.15) is 40.9 Å². The molecule has 1 amide bonds. The lowest BCUT2D eigenvalue weighted by Gasteiger charge is -2.22. The quantitative estimate of drug-likeness (QED) is 0.679. The van der Waals surface area contributed by atoms with Crippen LogP contribution < -0.4 is 10.6 Å². The zero-order valence-corrected chi connectivity index (χ0v) is 17.1. The second-order valence-electron chi connectivity index (χ2n) is 7.32. The van der Waals surface area contributed by atoms with E-state index < -0.39 is 0 Å². The van der Waals surface area contributed by atoms with Crippen LogP contribution >= 0.6 is 11.6 Å². The summed E-state index contributed by atoms with van der Waals surface area (Å²) in [5, 5.41) is 0.630. The summed E-state index contributed by atoms with van der Waals surface area (Å²) in [5.74, 6) is 0.359. The zero-order chi connectivity index (χ0) is 20.4. The molecule has 4 rings (SSSR count). The van der Waals surface area contributed by atoms with Crippen molar-refractivity contribution < 1.29 is 4.79 Å². The maximum absolute atomic E-state index is 13.1. The molecule has 5 nitrogen and oxygen atoms in total. The first kappa shape index (κ1) is 19.6. The summed E-state index contributed by atoms with van der Waals surface area (Å²) in [7, 11) is 0. The zero-order valence-electron chi connectivity index (χ0n) is 16.3. The van der Waals surface area contributed by atoms with Gasteiger partial charge in [-0.15, -0.1) is 0 Å². The van der Waals surface area contributed by atoms with Crippen molar-refractivity contribution >= 4 is 23.2 Å². The minimum atomic E-state index is -0.0920. The molecule has 148 valence electrons. The van der Waals surface area contributed by atoms with Gasteiger partial charge in [-0.05, 0) is 55.2 Å². The van der Waals surface area contributed by atoms with Gasteiger partial charge in [0.05, 0.1) is 5.69 Å². The molecule has 3 aromatic rings. The van der Waals surface area contributed by atoms with Crippen molar-refractivity contribution in [2.75, 3.05) is 18.0 Å². The Hall–Kier alpha value is -2.76. The summed E-state index contributed by atoms with van der Waals surface area (Å²) >= 11 is 5.98. The second kappa shape index (κ2) is 8.31. The number of halogens is 1. The molecule has 0 aliphatic heterocycles. The van der Waals surface area contributed by atoms with Crippen LogP contribution in [0.15, 0.2) is 54.9 Å². The van der Waals surface area contributed by atoms with E-state index in [9.17, 15) is 4.79 Å². The van der Waals surface area contributed by atoms with Crippen LogP contribution in [0.2, 0.25) is 5.02 Å². The van der Waals surface area contributed by atoms with Crippen molar-refractivity contribution in [2.24, 2.45) is 5.73 Å². The number of nitrogens with zero attached hydrogens (tertiary/aromatic N) is 3. The van der Waals surface area contributed by atoms with Crippen LogP contribution in [-0.2, 0) is 6.42 Å². The number of rotatable bonds is 5. The summed E-state index contributed by atoms with van der Waals surface area (Å²) in [6.07, 6.45) is 3.74. The first-order chi connectivity index (χ1) is 14.1. The summed E-state index contributed by atoms with van der Waals surface area (Å²) in [6.45, 7) is 3.02. The van der Waals surface area contributed by atoms with Gasteiger partial charge < -0.3 is 10.6 Å². The number of carbonyl (C=O) groups is 1. The molecule has 1 atom stereocenters. The Morgan fingerprint density at radius 3 is 2.55 bits per heavy atom. The third-order valence-electron chi connectivity index (χ3n) is 5.41. The number of amides is 1. The fourth-order valence-corrected chi connectivity index (χ4v) is 4.03. The van der Waals surface area contributed by atoms with Crippen molar-refractivity contribution in [1.82, 2.24) is 9.97 Å². The third kappa shape index (κ3) is 3.88. The molecule has 1 aliphatic carbocycles. The molecule has 1 aliphatic rings. The van der Waals surface area contributed by atoms with E-state index in [1.54, 1.807) is 23.4 Å². The van der Waals surface area contributed by atoms with Gasteiger partial charge in [0.2, 0.25) is 0 Å². The Labute approximate surface area is 175 Å². The van der Waals surface area contributed by atoms with E-state index in [2.05, 4.69) is 16.9 Å². The summed E-state index contributed by atoms with van der Waals surface area (Å²) in [5.41, 5.74) is 11.5. The Kier molecular flexibility index (Phi) is 5.60. The summed E-state index contributed by atoms with van der Waals surface area (Å²) < 4.78 is 0. The molecule has 0 bridgehead atoms. The number of aryl methyl sites for hydroxylation is 1. The molecule has 29 heavy (non-hydrogen) atoms. The highest BCUT2D eigenvalue weighted by Gasteiger charge is 2.25. The average Bonchev–Trinajstić information content (AvgIpc) is 3.14. The van der Waals surface area contributed by atoms with Gasteiger partial charge in [0, 0.05) is 46.2 Å². The van der Waals surface area contributed by atoms with Crippen LogP contribution in [0.25, 0.3) is 11.3 Å². The molecule has 0 saturated carbocycles. The van der Waals surface area contributed by atoms with Crippen molar-refractivity contribution in [1.29, 1.82) is 0 Å². The number of nitrogens with two attached hydrogens (primary N) is 1. The number of hydrogen-bond donors (Lipinski definition) is 1. The van der Waals surface area contributed by atoms with Crippen LogP contribution in [0.4, 0.5) is 5.69 Å². The van der Waals surface area contributed by atoms with Gasteiger partial charge in [0.25, 0.3) is 5.91 Å². The van der Waals surface area contributed by atoms with E-state index >= 15 is 0 Å². The van der Waals surface area contributed by atoms with E-state index in [1.807, 2.05) is 36.4 Å². The number of carbonyl (C=O) groups excluding carboxylic acids is 1. The van der Waals surface area contributed by atoms with Gasteiger partial charge in [-0.25, -0.2) is 9.97 Å². The molecule has 0 spiro atoms. The Morgan fingerprint density at radius 2 is 1.86 bits per heavy atom. The lowest BCUT2D eigenvalue weighted by molar-refractivity contribution is 0.0987. The first-order valence-corrected chi connectivity index (χ1v) is 10.2. The van der Waals surface area contributed by atoms with Gasteiger partial charge in [-0.3, -0.25) is 4.79 Å². The minimum Gasteiger partial charge on any atom is -0.329 e. The molecule has 2 aromatic carbocycles. The Bertz CT molecular complexity index is 1020. The number of aromatic nitrogens is 2. The Balaban J connectivity index is 1.63. The molecule has 0 saturated heterocycles. The standard InChI is InChI=1S/C23H23ClN4O/c1-15-2-11-20-21(15)22(27-14-26-20)16-3-5-17(6-4-16)23(29)28(13-12-25)19-9-7-18(24)8-10-19/h3-10,14-15H,2,11-13,25H2,1H3. The van der Waals surface area contributed by atoms with Crippen LogP contribution in [-0.4, -0.2) is 29.0 Å². The van der Waals surface area contributed by atoms with Crippen LogP contribution in [0, 0.1) is 0 Å². The predicted octanol–water partition coefficient (Wildman–Crippen LogP) is 4.45. The fourth-order valence-electron chi connectivity index (χ4n) is 3.90. The van der Waals surface area contributed by atoms with E-state index in [0.29, 0.717) is 29.6 Å². The molecule has 1 aromatic heterocycles. The summed E-state index contributed by atoms with van der Waals surface area (Å²) in [4.78, 5) is 23.8. The molecule has 0 radical (unpaired) electrons. The normalized spacial score (nSPS) is 15.2. The molecule has 6 heteroatoms. The van der Waals surface area contributed by atoms with Crippen LogP contribution in [0.5, 0.6) is 0 Å². The monoisotopic (exact) mass is 406 g/mol. The molecular formula is C23H23ClN4O. The molecule has 2 N–H and O–H groups in total.